The van der Waals surface area contributed by atoms with Gasteiger partial charge in [-0.2, -0.15) is 18.3 Å². The zero-order valence-corrected chi connectivity index (χ0v) is 20.1. The van der Waals surface area contributed by atoms with Crippen LogP contribution < -0.4 is 10.2 Å². The van der Waals surface area contributed by atoms with E-state index in [1.54, 1.807) is 11.8 Å². The molecule has 0 bridgehead atoms. The molecule has 0 radical (unpaired) electrons. The Morgan fingerprint density at radius 2 is 1.81 bits per heavy atom. The van der Waals surface area contributed by atoms with Crippen molar-refractivity contribution in [2.45, 2.75) is 45.1 Å². The summed E-state index contributed by atoms with van der Waals surface area (Å²) in [5.74, 6) is -1.94. The van der Waals surface area contributed by atoms with Gasteiger partial charge in [-0.1, -0.05) is 36.4 Å². The van der Waals surface area contributed by atoms with Crippen molar-refractivity contribution in [3.8, 4) is 0 Å². The fourth-order valence-electron chi connectivity index (χ4n) is 4.45. The molecule has 0 fully saturated rings. The van der Waals surface area contributed by atoms with Gasteiger partial charge in [0.2, 0.25) is 0 Å². The molecule has 1 aliphatic heterocycles. The number of anilines is 1. The largest absolute Gasteiger partial charge is 0.478 e. The van der Waals surface area contributed by atoms with Crippen LogP contribution in [-0.4, -0.2) is 40.0 Å². The van der Waals surface area contributed by atoms with Crippen LogP contribution in [0.2, 0.25) is 0 Å². The fraction of sp³-hybridized carbons (Fsp3) is 0.346. The topological polar surface area (TPSA) is 87.5 Å². The van der Waals surface area contributed by atoms with E-state index >= 15 is 0 Å². The molecule has 37 heavy (non-hydrogen) atoms. The van der Waals surface area contributed by atoms with E-state index in [0.717, 1.165) is 11.1 Å². The molecule has 2 aromatic carbocycles. The SMILES string of the molecule is C[C@H](NC(=O)c1c(C(F)(F)F)nn2c1N(Cc1cccc(CCCF)c1)CC2)c1ccc(C(=O)O)cc1. The van der Waals surface area contributed by atoms with E-state index in [9.17, 15) is 27.2 Å². The van der Waals surface area contributed by atoms with Crippen LogP contribution in [-0.2, 0) is 25.7 Å². The van der Waals surface area contributed by atoms with Crippen molar-refractivity contribution < 1.29 is 32.3 Å². The number of fused-ring (bicyclic) bond motifs is 1. The van der Waals surface area contributed by atoms with E-state index in [2.05, 4.69) is 10.4 Å². The van der Waals surface area contributed by atoms with Crippen LogP contribution >= 0.6 is 0 Å². The third-order valence-electron chi connectivity index (χ3n) is 6.27. The zero-order valence-electron chi connectivity index (χ0n) is 20.1. The molecule has 0 saturated carbocycles. The Labute approximate surface area is 210 Å². The van der Waals surface area contributed by atoms with Gasteiger partial charge in [-0.15, -0.1) is 0 Å². The first-order valence-corrected chi connectivity index (χ1v) is 11.8. The Bertz CT molecular complexity index is 1290. The van der Waals surface area contributed by atoms with Gasteiger partial charge in [0.05, 0.1) is 24.8 Å². The second-order valence-corrected chi connectivity index (χ2v) is 8.92. The van der Waals surface area contributed by atoms with E-state index in [0.29, 0.717) is 24.9 Å². The summed E-state index contributed by atoms with van der Waals surface area (Å²) in [6, 6.07) is 12.5. The molecule has 1 aromatic heterocycles. The van der Waals surface area contributed by atoms with Crippen LogP contribution in [0.5, 0.6) is 0 Å². The van der Waals surface area contributed by atoms with Crippen LogP contribution in [0, 0.1) is 0 Å². The van der Waals surface area contributed by atoms with Crippen molar-refractivity contribution in [3.05, 3.63) is 82.0 Å². The number of carboxylic acid groups (broad SMARTS) is 1. The molecule has 196 valence electrons. The number of hydrogen-bond acceptors (Lipinski definition) is 4. The molecule has 0 saturated heterocycles. The molecular weight excluding hydrogens is 492 g/mol. The number of nitrogens with zero attached hydrogens (tertiary/aromatic N) is 3. The number of benzene rings is 2. The fourth-order valence-corrected chi connectivity index (χ4v) is 4.45. The minimum atomic E-state index is -4.84. The second-order valence-electron chi connectivity index (χ2n) is 8.92. The summed E-state index contributed by atoms with van der Waals surface area (Å²) in [5, 5.41) is 15.4. The summed E-state index contributed by atoms with van der Waals surface area (Å²) in [4.78, 5) is 26.0. The maximum Gasteiger partial charge on any atom is 0.436 e. The lowest BCUT2D eigenvalue weighted by molar-refractivity contribution is -0.141. The normalized spacial score (nSPS) is 13.9. The first-order chi connectivity index (χ1) is 17.6. The van der Waals surface area contributed by atoms with Gasteiger partial charge >= 0.3 is 12.1 Å². The zero-order chi connectivity index (χ0) is 26.7. The molecule has 1 atom stereocenters. The van der Waals surface area contributed by atoms with Crippen molar-refractivity contribution in [2.75, 3.05) is 18.1 Å². The molecule has 1 aliphatic rings. The van der Waals surface area contributed by atoms with Gasteiger partial charge in [0.15, 0.2) is 5.69 Å². The first kappa shape index (κ1) is 26.2. The number of carbonyl (C=O) groups is 2. The lowest BCUT2D eigenvalue weighted by atomic mass is 10.0. The highest BCUT2D eigenvalue weighted by Gasteiger charge is 2.44. The van der Waals surface area contributed by atoms with Gasteiger partial charge in [-0.3, -0.25) is 9.18 Å². The first-order valence-electron chi connectivity index (χ1n) is 11.8. The van der Waals surface area contributed by atoms with E-state index in [-0.39, 0.29) is 24.5 Å². The summed E-state index contributed by atoms with van der Waals surface area (Å²) in [5.41, 5.74) is 0.554. The van der Waals surface area contributed by atoms with Gasteiger partial charge in [0.25, 0.3) is 5.91 Å². The lowest BCUT2D eigenvalue weighted by Crippen LogP contribution is -2.31. The van der Waals surface area contributed by atoms with Crippen LogP contribution in [0.4, 0.5) is 23.4 Å². The summed E-state index contributed by atoms with van der Waals surface area (Å²) in [6.07, 6.45) is -3.90. The third-order valence-corrected chi connectivity index (χ3v) is 6.27. The molecular formula is C26H26F4N4O3. The van der Waals surface area contributed by atoms with Gasteiger partial charge in [0.1, 0.15) is 11.4 Å². The van der Waals surface area contributed by atoms with E-state index in [4.69, 9.17) is 5.11 Å². The monoisotopic (exact) mass is 518 g/mol. The number of alkyl halides is 4. The van der Waals surface area contributed by atoms with Gasteiger partial charge in [0, 0.05) is 13.1 Å². The third kappa shape index (κ3) is 5.76. The van der Waals surface area contributed by atoms with Crippen molar-refractivity contribution in [2.24, 2.45) is 0 Å². The van der Waals surface area contributed by atoms with Crippen molar-refractivity contribution in [3.63, 3.8) is 0 Å². The van der Waals surface area contributed by atoms with E-state index < -0.39 is 42.0 Å². The Morgan fingerprint density at radius 1 is 1.11 bits per heavy atom. The molecule has 11 heteroatoms. The summed E-state index contributed by atoms with van der Waals surface area (Å²) < 4.78 is 55.5. The highest BCUT2D eigenvalue weighted by Crippen LogP contribution is 2.38. The van der Waals surface area contributed by atoms with Gasteiger partial charge < -0.3 is 15.3 Å². The van der Waals surface area contributed by atoms with Crippen molar-refractivity contribution >= 4 is 17.7 Å². The van der Waals surface area contributed by atoms with Crippen molar-refractivity contribution in [1.29, 1.82) is 0 Å². The number of aromatic carboxylic acids is 1. The molecule has 3 aromatic rings. The number of carboxylic acids is 1. The Kier molecular flexibility index (Phi) is 7.51. The van der Waals surface area contributed by atoms with Gasteiger partial charge in [-0.25, -0.2) is 9.48 Å². The average molecular weight is 519 g/mol. The average Bonchev–Trinajstić information content (AvgIpc) is 3.43. The number of amides is 1. The minimum Gasteiger partial charge on any atom is -0.478 e. The molecule has 0 spiro atoms. The lowest BCUT2D eigenvalue weighted by Gasteiger charge is -2.21. The number of nitrogens with one attached hydrogen (secondary N) is 1. The number of rotatable bonds is 9. The highest BCUT2D eigenvalue weighted by atomic mass is 19.4. The number of hydrogen-bond donors (Lipinski definition) is 2. The maximum atomic E-state index is 13.9. The number of aromatic nitrogens is 2. The van der Waals surface area contributed by atoms with Crippen LogP contribution in [0.3, 0.4) is 0 Å². The molecule has 7 nitrogen and oxygen atoms in total. The maximum absolute atomic E-state index is 13.9. The standard InChI is InChI=1S/C26H26F4N4O3/c1-16(19-7-9-20(10-8-19)25(36)37)31-23(35)21-22(26(28,29)30)32-34-13-12-33(24(21)34)15-18-5-2-4-17(14-18)6-3-11-27/h2,4-5,7-10,14,16H,3,6,11-13,15H2,1H3,(H,31,35)(H,36,37)/t16-/m0/s1. The number of halogens is 4. The van der Waals surface area contributed by atoms with Crippen LogP contribution in [0.25, 0.3) is 0 Å². The van der Waals surface area contributed by atoms with E-state index in [1.807, 2.05) is 24.3 Å². The summed E-state index contributed by atoms with van der Waals surface area (Å²) >= 11 is 0. The van der Waals surface area contributed by atoms with Crippen LogP contribution in [0.15, 0.2) is 48.5 Å². The molecule has 4 rings (SSSR count). The molecule has 2 N–H and O–H groups in total. The van der Waals surface area contributed by atoms with Crippen LogP contribution in [0.1, 0.15) is 62.5 Å². The predicted octanol–water partition coefficient (Wildman–Crippen LogP) is 5.01. The molecule has 0 aliphatic carbocycles. The Hall–Kier alpha value is -3.89. The highest BCUT2D eigenvalue weighted by molar-refractivity contribution is 6.01. The minimum absolute atomic E-state index is 0.0560. The summed E-state index contributed by atoms with van der Waals surface area (Å²) in [7, 11) is 0. The van der Waals surface area contributed by atoms with Gasteiger partial charge in [-0.05, 0) is 48.6 Å². The predicted molar refractivity (Wildman–Crippen MR) is 128 cm³/mol. The summed E-state index contributed by atoms with van der Waals surface area (Å²) in [6.45, 7) is 2.00. The molecule has 1 amide bonds. The Morgan fingerprint density at radius 3 is 2.46 bits per heavy atom. The molecule has 0 unspecified atom stereocenters. The van der Waals surface area contributed by atoms with E-state index in [1.165, 1.54) is 28.9 Å². The number of carbonyl (C=O) groups excluding carboxylic acids is 1. The van der Waals surface area contributed by atoms with Crippen molar-refractivity contribution in [1.82, 2.24) is 15.1 Å². The quantitative estimate of drug-likeness (QED) is 0.389. The Balaban J connectivity index is 1.61. The molecule has 2 heterocycles. The second kappa shape index (κ2) is 10.6. The smallest absolute Gasteiger partial charge is 0.436 e. The number of aryl methyl sites for hydroxylation is 1.